The lowest BCUT2D eigenvalue weighted by atomic mass is 10.1. The first kappa shape index (κ1) is 60.3. The molecule has 63 heavy (non-hydrogen) atoms. The highest BCUT2D eigenvalue weighted by Gasteiger charge is 2.22. The van der Waals surface area contributed by atoms with Crippen LogP contribution in [0.5, 0.6) is 0 Å². The lowest BCUT2D eigenvalue weighted by molar-refractivity contribution is -0.868. The summed E-state index contributed by atoms with van der Waals surface area (Å²) in [6, 6.07) is 0. The molecule has 0 fully saturated rings. The van der Waals surface area contributed by atoms with Gasteiger partial charge in [0.2, 0.25) is 0 Å². The van der Waals surface area contributed by atoms with Crippen molar-refractivity contribution in [2.24, 2.45) is 0 Å². The van der Waals surface area contributed by atoms with Crippen molar-refractivity contribution in [1.29, 1.82) is 0 Å². The van der Waals surface area contributed by atoms with Crippen LogP contribution in [0.2, 0.25) is 0 Å². The summed E-state index contributed by atoms with van der Waals surface area (Å²) >= 11 is 0. The van der Waals surface area contributed by atoms with Gasteiger partial charge in [0.1, 0.15) is 14.2 Å². The second-order valence-electron chi connectivity index (χ2n) is 18.3. The molecule has 0 spiro atoms. The number of rotatable bonds is 41. The van der Waals surface area contributed by atoms with Crippen LogP contribution in [-0.2, 0) is 28.2 Å². The molecule has 0 N–H and O–H groups in total. The first-order valence-corrected chi connectivity index (χ1v) is 27.2. The van der Waals surface area contributed by atoms with Crippen molar-refractivity contribution in [2.45, 2.75) is 238 Å². The first-order chi connectivity index (χ1) is 30.5. The van der Waals surface area contributed by atoms with Crippen LogP contribution in [0.25, 0.3) is 0 Å². The Balaban J connectivity index is 4.30. The third kappa shape index (κ3) is 48.6. The summed E-state index contributed by atoms with van der Waals surface area (Å²) in [7, 11) is 1.55. The lowest BCUT2D eigenvalue weighted by Gasteiger charge is -2.30. The van der Waals surface area contributed by atoms with E-state index in [0.29, 0.717) is 23.9 Å². The third-order valence-corrected chi connectivity index (χ3v) is 12.2. The number of nitrogens with zero attached hydrogens (tertiary/aromatic N) is 1. The maximum absolute atomic E-state index is 12.7. The molecule has 2 atom stereocenters. The Morgan fingerprint density at radius 3 is 1.19 bits per heavy atom. The summed E-state index contributed by atoms with van der Waals surface area (Å²) in [5.41, 5.74) is 0. The number of hydrogen-bond acceptors (Lipinski definition) is 7. The topological polar surface area (TPSA) is 102 Å². The van der Waals surface area contributed by atoms with Gasteiger partial charge in [0, 0.05) is 38.5 Å². The maximum atomic E-state index is 12.7. The molecule has 1 unspecified atom stereocenters. The van der Waals surface area contributed by atoms with Crippen LogP contribution in [-0.4, -0.2) is 69.6 Å². The van der Waals surface area contributed by atoms with Crippen LogP contribution >= 0.6 is 7.60 Å². The fraction of sp³-hybridized carbons (Fsp3) is 0.815. The van der Waals surface area contributed by atoms with Gasteiger partial charge in [0.25, 0.3) is 0 Å². The van der Waals surface area contributed by atoms with E-state index in [0.717, 1.165) is 89.9 Å². The Bertz CT molecular complexity index is 1420. The summed E-state index contributed by atoms with van der Waals surface area (Å²) in [5.74, 6) is 23.8. The molecule has 0 rings (SSSR count). The quantitative estimate of drug-likeness (QED) is 0.0198. The Morgan fingerprint density at radius 2 is 0.825 bits per heavy atom. The molecule has 0 radical (unpaired) electrons. The molecule has 0 aliphatic carbocycles. The summed E-state index contributed by atoms with van der Waals surface area (Å²) in [6.45, 7) is 4.27. The van der Waals surface area contributed by atoms with Crippen molar-refractivity contribution >= 4 is 19.5 Å². The fourth-order valence-corrected chi connectivity index (χ4v) is 8.17. The van der Waals surface area contributed by atoms with E-state index in [1.807, 2.05) is 21.1 Å². The second-order valence-corrected chi connectivity index (χ2v) is 20.3. The van der Waals surface area contributed by atoms with E-state index >= 15 is 0 Å². The number of carbonyl (C=O) groups excluding carboxylic acids is 2. The summed E-state index contributed by atoms with van der Waals surface area (Å²) in [4.78, 5) is 37.9. The van der Waals surface area contributed by atoms with Gasteiger partial charge in [-0.05, 0) is 62.2 Å². The minimum Gasteiger partial charge on any atom is -0.778 e. The average Bonchev–Trinajstić information content (AvgIpc) is 3.25. The smallest absolute Gasteiger partial charge is 0.306 e. The number of quaternary nitrogens is 1. The molecule has 0 amide bonds. The van der Waals surface area contributed by atoms with E-state index in [-0.39, 0.29) is 32.2 Å². The van der Waals surface area contributed by atoms with Crippen LogP contribution in [0.3, 0.4) is 0 Å². The largest absolute Gasteiger partial charge is 0.778 e. The maximum Gasteiger partial charge on any atom is 0.306 e. The van der Waals surface area contributed by atoms with E-state index in [1.54, 1.807) is 0 Å². The highest BCUT2D eigenvalue weighted by molar-refractivity contribution is 7.51. The zero-order valence-electron chi connectivity index (χ0n) is 41.2. The van der Waals surface area contributed by atoms with Crippen molar-refractivity contribution in [2.75, 3.05) is 47.1 Å². The van der Waals surface area contributed by atoms with Gasteiger partial charge >= 0.3 is 11.9 Å². The standard InChI is InChI=1S/C54H92NO7P/c1-6-8-10-12-14-16-18-20-22-24-26-28-30-32-34-36-38-40-42-44-46-53(56)60-50-52(51-61-63(58,59)49-48-55(3,4)5)62-54(57)47-45-43-41-39-37-35-33-31-29-27-25-23-21-19-17-15-13-11-9-7-2/h52H,6-23,32-51H2,1-5H3/t52-/m1/s1. The Labute approximate surface area is 388 Å². The summed E-state index contributed by atoms with van der Waals surface area (Å²) < 4.78 is 29.4. The molecule has 0 aromatic carbocycles. The van der Waals surface area contributed by atoms with E-state index < -0.39 is 25.6 Å². The second kappa shape index (κ2) is 44.5. The molecule has 0 bridgehead atoms. The average molecular weight is 898 g/mol. The highest BCUT2D eigenvalue weighted by atomic mass is 31.2. The minimum absolute atomic E-state index is 0.140. The Hall–Kier alpha value is -2.71. The summed E-state index contributed by atoms with van der Waals surface area (Å²) in [6.07, 6.45) is 35.6. The zero-order chi connectivity index (χ0) is 46.4. The van der Waals surface area contributed by atoms with Crippen molar-refractivity contribution in [3.8, 4) is 47.4 Å². The van der Waals surface area contributed by atoms with Gasteiger partial charge in [-0.3, -0.25) is 9.59 Å². The highest BCUT2D eigenvalue weighted by Crippen LogP contribution is 2.37. The fourth-order valence-electron chi connectivity index (χ4n) is 6.80. The predicted octanol–water partition coefficient (Wildman–Crippen LogP) is 13.0. The van der Waals surface area contributed by atoms with Gasteiger partial charge in [-0.25, -0.2) is 0 Å². The number of ether oxygens (including phenoxy) is 2. The van der Waals surface area contributed by atoms with Crippen LogP contribution in [0.1, 0.15) is 232 Å². The van der Waals surface area contributed by atoms with Crippen LogP contribution in [0, 0.1) is 47.4 Å². The molecule has 9 heteroatoms. The molecule has 0 aromatic heterocycles. The number of hydrogen-bond donors (Lipinski definition) is 0. The molecular weight excluding hydrogens is 806 g/mol. The molecule has 8 nitrogen and oxygen atoms in total. The zero-order valence-corrected chi connectivity index (χ0v) is 42.1. The molecule has 0 heterocycles. The lowest BCUT2D eigenvalue weighted by Crippen LogP contribution is -2.38. The molecule has 0 aliphatic rings. The van der Waals surface area contributed by atoms with Gasteiger partial charge < -0.3 is 27.9 Å². The van der Waals surface area contributed by atoms with Crippen molar-refractivity contribution < 1.29 is 37.5 Å². The molecule has 0 aromatic rings. The van der Waals surface area contributed by atoms with Crippen molar-refractivity contribution in [3.63, 3.8) is 0 Å². The van der Waals surface area contributed by atoms with Crippen molar-refractivity contribution in [3.05, 3.63) is 0 Å². The van der Waals surface area contributed by atoms with E-state index in [2.05, 4.69) is 61.2 Å². The Morgan fingerprint density at radius 1 is 0.492 bits per heavy atom. The monoisotopic (exact) mass is 898 g/mol. The third-order valence-electron chi connectivity index (χ3n) is 10.9. The minimum atomic E-state index is -4.17. The number of esters is 2. The Kier molecular flexibility index (Phi) is 42.6. The van der Waals surface area contributed by atoms with Gasteiger partial charge in [-0.1, -0.05) is 179 Å². The van der Waals surface area contributed by atoms with Gasteiger partial charge in [0.15, 0.2) is 6.10 Å². The number of carbonyl (C=O) groups is 2. The first-order valence-electron chi connectivity index (χ1n) is 25.5. The van der Waals surface area contributed by atoms with E-state index in [4.69, 9.17) is 14.0 Å². The van der Waals surface area contributed by atoms with Crippen molar-refractivity contribution in [1.82, 2.24) is 0 Å². The molecule has 360 valence electrons. The van der Waals surface area contributed by atoms with Crippen LogP contribution in [0.15, 0.2) is 0 Å². The van der Waals surface area contributed by atoms with Crippen LogP contribution < -0.4 is 4.89 Å². The van der Waals surface area contributed by atoms with E-state index in [9.17, 15) is 19.0 Å². The SMILES string of the molecule is CCCCCCCCCCC#CC#CCCCCCCCCC(=O)OC[C@H](COP(=O)([O-])CC[N+](C)(C)C)OC(=O)CCCCCCCCC#CC#CCCCCCCCCCC. The molecule has 0 saturated carbocycles. The number of unbranched alkanes of at least 4 members (excludes halogenated alkanes) is 28. The van der Waals surface area contributed by atoms with Gasteiger partial charge in [-0.15, -0.1) is 0 Å². The van der Waals surface area contributed by atoms with Crippen LogP contribution in [0.4, 0.5) is 0 Å². The van der Waals surface area contributed by atoms with Gasteiger partial charge in [0.05, 0.1) is 40.5 Å². The normalized spacial score (nSPS) is 12.3. The van der Waals surface area contributed by atoms with E-state index in [1.165, 1.54) is 103 Å². The van der Waals surface area contributed by atoms with Gasteiger partial charge in [-0.2, -0.15) is 0 Å². The molecule has 0 saturated heterocycles. The predicted molar refractivity (Wildman–Crippen MR) is 262 cm³/mol. The molecule has 0 aliphatic heterocycles. The summed E-state index contributed by atoms with van der Waals surface area (Å²) in [5, 5.41) is 0. The molecular formula is C54H92NO7P.